The first-order chi connectivity index (χ1) is 9.61. The van der Waals surface area contributed by atoms with Crippen molar-refractivity contribution >= 4 is 0 Å². The monoisotopic (exact) mass is 273 g/mol. The lowest BCUT2D eigenvalue weighted by molar-refractivity contribution is 0.436. The number of nitrogens with two attached hydrogens (primary N) is 1. The zero-order valence-corrected chi connectivity index (χ0v) is 11.9. The van der Waals surface area contributed by atoms with E-state index in [1.807, 2.05) is 30.3 Å². The van der Waals surface area contributed by atoms with Gasteiger partial charge in [-0.1, -0.05) is 38.1 Å². The maximum atomic E-state index is 13.9. The molecule has 0 saturated carbocycles. The van der Waals surface area contributed by atoms with Crippen LogP contribution in [0.5, 0.6) is 11.5 Å². The van der Waals surface area contributed by atoms with E-state index in [2.05, 4.69) is 13.8 Å². The fraction of sp³-hybridized carbons (Fsp3) is 0.294. The molecule has 3 heteroatoms. The van der Waals surface area contributed by atoms with Crippen LogP contribution in [0, 0.1) is 5.82 Å². The van der Waals surface area contributed by atoms with Crippen LogP contribution in [0.3, 0.4) is 0 Å². The van der Waals surface area contributed by atoms with Crippen LogP contribution in [0.15, 0.2) is 42.5 Å². The van der Waals surface area contributed by atoms with Gasteiger partial charge < -0.3 is 10.5 Å². The van der Waals surface area contributed by atoms with E-state index >= 15 is 0 Å². The maximum absolute atomic E-state index is 13.9. The molecular formula is C17H20FNO. The third-order valence-electron chi connectivity index (χ3n) is 3.23. The van der Waals surface area contributed by atoms with Crippen molar-refractivity contribution in [1.82, 2.24) is 0 Å². The van der Waals surface area contributed by atoms with Crippen LogP contribution >= 0.6 is 0 Å². The summed E-state index contributed by atoms with van der Waals surface area (Å²) < 4.78 is 19.6. The van der Waals surface area contributed by atoms with E-state index in [9.17, 15) is 4.39 Å². The molecule has 0 atom stereocenters. The van der Waals surface area contributed by atoms with E-state index < -0.39 is 0 Å². The molecule has 0 bridgehead atoms. The second kappa shape index (κ2) is 6.53. The Balaban J connectivity index is 2.25. The van der Waals surface area contributed by atoms with E-state index in [1.54, 1.807) is 6.07 Å². The summed E-state index contributed by atoms with van der Waals surface area (Å²) >= 11 is 0. The molecular weight excluding hydrogens is 253 g/mol. The van der Waals surface area contributed by atoms with Crippen molar-refractivity contribution in [3.63, 3.8) is 0 Å². The van der Waals surface area contributed by atoms with Gasteiger partial charge in [-0.2, -0.15) is 0 Å². The fourth-order valence-corrected chi connectivity index (χ4v) is 2.06. The van der Waals surface area contributed by atoms with Crippen LogP contribution in [0.25, 0.3) is 0 Å². The zero-order chi connectivity index (χ0) is 14.5. The van der Waals surface area contributed by atoms with Crippen LogP contribution in [-0.4, -0.2) is 6.54 Å². The third kappa shape index (κ3) is 3.36. The Morgan fingerprint density at radius 3 is 2.40 bits per heavy atom. The first kappa shape index (κ1) is 14.5. The number of hydrogen-bond donors (Lipinski definition) is 1. The minimum atomic E-state index is -0.358. The minimum Gasteiger partial charge on any atom is -0.454 e. The molecule has 0 aliphatic heterocycles. The van der Waals surface area contributed by atoms with E-state index in [1.165, 1.54) is 11.6 Å². The quantitative estimate of drug-likeness (QED) is 0.884. The number of benzene rings is 2. The molecule has 0 radical (unpaired) electrons. The average molecular weight is 273 g/mol. The van der Waals surface area contributed by atoms with Crippen molar-refractivity contribution in [2.45, 2.75) is 26.2 Å². The number of halogens is 1. The Kier molecular flexibility index (Phi) is 4.74. The molecule has 2 aromatic carbocycles. The van der Waals surface area contributed by atoms with E-state index in [4.69, 9.17) is 10.5 Å². The Morgan fingerprint density at radius 1 is 1.10 bits per heavy atom. The molecule has 0 unspecified atom stereocenters. The summed E-state index contributed by atoms with van der Waals surface area (Å²) in [6.45, 7) is 4.73. The van der Waals surface area contributed by atoms with Crippen molar-refractivity contribution in [1.29, 1.82) is 0 Å². The summed E-state index contributed by atoms with van der Waals surface area (Å²) in [7, 11) is 0. The molecule has 106 valence electrons. The van der Waals surface area contributed by atoms with Crippen molar-refractivity contribution in [2.75, 3.05) is 6.54 Å². The summed E-state index contributed by atoms with van der Waals surface area (Å²) in [6, 6.07) is 12.7. The van der Waals surface area contributed by atoms with Gasteiger partial charge in [0, 0.05) is 0 Å². The Labute approximate surface area is 119 Å². The standard InChI is InChI=1S/C17H20FNO/c1-12(2)13-6-8-15(9-7-13)20-17-14(10-11-19)4-3-5-16(17)18/h3-9,12H,10-11,19H2,1-2H3. The molecule has 0 aromatic heterocycles. The highest BCUT2D eigenvalue weighted by molar-refractivity contribution is 5.40. The van der Waals surface area contributed by atoms with Crippen molar-refractivity contribution in [3.05, 3.63) is 59.4 Å². The number of ether oxygens (including phenoxy) is 1. The first-order valence-electron chi connectivity index (χ1n) is 6.87. The summed E-state index contributed by atoms with van der Waals surface area (Å²) in [6.07, 6.45) is 0.594. The van der Waals surface area contributed by atoms with Gasteiger partial charge in [-0.25, -0.2) is 4.39 Å². The highest BCUT2D eigenvalue weighted by Crippen LogP contribution is 2.29. The molecule has 0 heterocycles. The van der Waals surface area contributed by atoms with Gasteiger partial charge in [0.25, 0.3) is 0 Å². The van der Waals surface area contributed by atoms with Gasteiger partial charge in [0.05, 0.1) is 0 Å². The van der Waals surface area contributed by atoms with Gasteiger partial charge >= 0.3 is 0 Å². The highest BCUT2D eigenvalue weighted by atomic mass is 19.1. The van der Waals surface area contributed by atoms with Gasteiger partial charge in [-0.3, -0.25) is 0 Å². The van der Waals surface area contributed by atoms with Crippen LogP contribution in [0.2, 0.25) is 0 Å². The van der Waals surface area contributed by atoms with Gasteiger partial charge in [-0.15, -0.1) is 0 Å². The number of hydrogen-bond acceptors (Lipinski definition) is 2. The molecule has 0 fully saturated rings. The average Bonchev–Trinajstić information content (AvgIpc) is 2.43. The number of para-hydroxylation sites is 1. The van der Waals surface area contributed by atoms with Crippen LogP contribution in [0.1, 0.15) is 30.9 Å². The lowest BCUT2D eigenvalue weighted by Gasteiger charge is -2.12. The van der Waals surface area contributed by atoms with E-state index in [-0.39, 0.29) is 11.6 Å². The Hall–Kier alpha value is -1.87. The van der Waals surface area contributed by atoms with Gasteiger partial charge in [0.1, 0.15) is 5.75 Å². The van der Waals surface area contributed by atoms with Crippen LogP contribution in [-0.2, 0) is 6.42 Å². The highest BCUT2D eigenvalue weighted by Gasteiger charge is 2.10. The summed E-state index contributed by atoms with van der Waals surface area (Å²) in [5.74, 6) is 1.02. The van der Waals surface area contributed by atoms with Crippen molar-refractivity contribution < 1.29 is 9.13 Å². The van der Waals surface area contributed by atoms with Gasteiger partial charge in [0.15, 0.2) is 11.6 Å². The fourth-order valence-electron chi connectivity index (χ4n) is 2.06. The topological polar surface area (TPSA) is 35.2 Å². The predicted molar refractivity (Wildman–Crippen MR) is 79.8 cm³/mol. The lowest BCUT2D eigenvalue weighted by Crippen LogP contribution is -2.05. The molecule has 2 aromatic rings. The smallest absolute Gasteiger partial charge is 0.166 e. The number of rotatable bonds is 5. The van der Waals surface area contributed by atoms with Gasteiger partial charge in [0.2, 0.25) is 0 Å². The predicted octanol–water partition coefficient (Wildman–Crippen LogP) is 4.24. The molecule has 0 saturated heterocycles. The largest absolute Gasteiger partial charge is 0.454 e. The Bertz CT molecular complexity index is 564. The summed E-state index contributed by atoms with van der Waals surface area (Å²) in [5.41, 5.74) is 7.57. The van der Waals surface area contributed by atoms with Crippen molar-refractivity contribution in [3.8, 4) is 11.5 Å². The van der Waals surface area contributed by atoms with E-state index in [0.29, 0.717) is 24.6 Å². The molecule has 0 aliphatic carbocycles. The maximum Gasteiger partial charge on any atom is 0.166 e. The third-order valence-corrected chi connectivity index (χ3v) is 3.23. The molecule has 20 heavy (non-hydrogen) atoms. The molecule has 2 nitrogen and oxygen atoms in total. The van der Waals surface area contributed by atoms with Crippen molar-refractivity contribution in [2.24, 2.45) is 5.73 Å². The van der Waals surface area contributed by atoms with Crippen LogP contribution in [0.4, 0.5) is 4.39 Å². The summed E-state index contributed by atoms with van der Waals surface area (Å²) in [5, 5.41) is 0. The Morgan fingerprint density at radius 2 is 1.80 bits per heavy atom. The minimum absolute atomic E-state index is 0.273. The van der Waals surface area contributed by atoms with Gasteiger partial charge in [-0.05, 0) is 48.2 Å². The summed E-state index contributed by atoms with van der Waals surface area (Å²) in [4.78, 5) is 0. The molecule has 2 N–H and O–H groups in total. The SMILES string of the molecule is CC(C)c1ccc(Oc2c(F)cccc2CCN)cc1. The second-order valence-corrected chi connectivity index (χ2v) is 5.09. The van der Waals surface area contributed by atoms with E-state index in [0.717, 1.165) is 5.56 Å². The molecule has 0 amide bonds. The molecule has 2 rings (SSSR count). The molecule has 0 aliphatic rings. The van der Waals surface area contributed by atoms with Crippen LogP contribution < -0.4 is 10.5 Å². The lowest BCUT2D eigenvalue weighted by atomic mass is 10.0. The normalized spacial score (nSPS) is 10.8. The first-order valence-corrected chi connectivity index (χ1v) is 6.87. The molecule has 0 spiro atoms. The second-order valence-electron chi connectivity index (χ2n) is 5.09. The zero-order valence-electron chi connectivity index (χ0n) is 11.9.